The second kappa shape index (κ2) is 7.01. The Bertz CT molecular complexity index is 697. The van der Waals surface area contributed by atoms with Crippen LogP contribution in [0, 0.1) is 0 Å². The second-order valence-corrected chi connectivity index (χ2v) is 5.25. The average Bonchev–Trinajstić information content (AvgIpc) is 3.00. The van der Waals surface area contributed by atoms with Gasteiger partial charge in [-0.2, -0.15) is 5.10 Å². The van der Waals surface area contributed by atoms with E-state index in [0.29, 0.717) is 17.9 Å². The number of hydrogen-bond acceptors (Lipinski definition) is 5. The van der Waals surface area contributed by atoms with E-state index in [-0.39, 0.29) is 24.8 Å². The molecule has 3 heterocycles. The van der Waals surface area contributed by atoms with E-state index in [0.717, 1.165) is 24.2 Å². The van der Waals surface area contributed by atoms with Crippen molar-refractivity contribution in [3.05, 3.63) is 41.5 Å². The summed E-state index contributed by atoms with van der Waals surface area (Å²) < 4.78 is 0. The molecule has 1 aliphatic heterocycles. The number of H-pyrrole nitrogens is 1. The first-order valence-corrected chi connectivity index (χ1v) is 7.49. The van der Waals surface area contributed by atoms with Gasteiger partial charge in [0.25, 0.3) is 5.91 Å². The zero-order valence-corrected chi connectivity index (χ0v) is 12.6. The lowest BCUT2D eigenvalue weighted by atomic mass is 10.1. The molecular weight excluding hydrogens is 296 g/mol. The third-order valence-electron chi connectivity index (χ3n) is 3.62. The molecule has 2 amide bonds. The van der Waals surface area contributed by atoms with E-state index in [4.69, 9.17) is 0 Å². The summed E-state index contributed by atoms with van der Waals surface area (Å²) in [6.07, 6.45) is 4.24. The number of fused-ring (bicyclic) bond motifs is 1. The summed E-state index contributed by atoms with van der Waals surface area (Å²) in [6, 6.07) is 3.42. The average molecular weight is 314 g/mol. The highest BCUT2D eigenvalue weighted by atomic mass is 16.2. The van der Waals surface area contributed by atoms with Gasteiger partial charge in [0.15, 0.2) is 5.69 Å². The van der Waals surface area contributed by atoms with Gasteiger partial charge in [0.1, 0.15) is 0 Å². The van der Waals surface area contributed by atoms with Crippen molar-refractivity contribution in [1.82, 2.24) is 25.8 Å². The predicted molar refractivity (Wildman–Crippen MR) is 83.8 cm³/mol. The summed E-state index contributed by atoms with van der Waals surface area (Å²) in [5, 5.41) is 15.7. The first-order valence-electron chi connectivity index (χ1n) is 7.49. The largest absolute Gasteiger partial charge is 0.350 e. The molecule has 1 aliphatic rings. The Morgan fingerprint density at radius 2 is 2.09 bits per heavy atom. The third-order valence-corrected chi connectivity index (χ3v) is 3.62. The number of carbonyl (C=O) groups excluding carboxylic acids is 2. The molecule has 0 saturated heterocycles. The molecule has 2 aromatic rings. The fourth-order valence-corrected chi connectivity index (χ4v) is 2.45. The van der Waals surface area contributed by atoms with Crippen LogP contribution in [-0.4, -0.2) is 40.1 Å². The number of nitrogens with one attached hydrogen (secondary N) is 4. The molecule has 120 valence electrons. The second-order valence-electron chi connectivity index (χ2n) is 5.25. The van der Waals surface area contributed by atoms with Crippen molar-refractivity contribution in [2.24, 2.45) is 0 Å². The minimum atomic E-state index is -0.261. The molecule has 0 aliphatic carbocycles. The summed E-state index contributed by atoms with van der Waals surface area (Å²) >= 11 is 0. The van der Waals surface area contributed by atoms with Gasteiger partial charge in [-0.25, -0.2) is 0 Å². The molecule has 0 spiro atoms. The highest BCUT2D eigenvalue weighted by molar-refractivity contribution is 5.95. The lowest BCUT2D eigenvalue weighted by Gasteiger charge is -2.12. The van der Waals surface area contributed by atoms with Crippen LogP contribution in [0.3, 0.4) is 0 Å². The van der Waals surface area contributed by atoms with Crippen LogP contribution in [-0.2, 0) is 17.8 Å². The van der Waals surface area contributed by atoms with Crippen LogP contribution in [0.1, 0.15) is 28.2 Å². The molecule has 23 heavy (non-hydrogen) atoms. The van der Waals surface area contributed by atoms with Crippen molar-refractivity contribution in [3.63, 3.8) is 0 Å². The number of rotatable bonds is 5. The van der Waals surface area contributed by atoms with E-state index in [1.165, 1.54) is 0 Å². The first kappa shape index (κ1) is 15.2. The number of hydrogen-bond donors (Lipinski definition) is 4. The van der Waals surface area contributed by atoms with E-state index >= 15 is 0 Å². The topological polar surface area (TPSA) is 112 Å². The molecular formula is C15H18N6O2. The molecule has 0 unspecified atom stereocenters. The normalized spacial score (nSPS) is 13.2. The molecule has 0 atom stereocenters. The maximum atomic E-state index is 12.2. The van der Waals surface area contributed by atoms with Gasteiger partial charge in [0.05, 0.1) is 0 Å². The van der Waals surface area contributed by atoms with E-state index < -0.39 is 0 Å². The summed E-state index contributed by atoms with van der Waals surface area (Å²) in [5.74, 6) is -0.426. The predicted octanol–water partition coefficient (Wildman–Crippen LogP) is 0.209. The highest BCUT2D eigenvalue weighted by Gasteiger charge is 2.21. The SMILES string of the molecule is O=C(CCNC(=O)c1n[nH]c2c1CNCC2)Nc1ccncc1. The van der Waals surface area contributed by atoms with Crippen LogP contribution in [0.2, 0.25) is 0 Å². The number of aromatic amines is 1. The lowest BCUT2D eigenvalue weighted by molar-refractivity contribution is -0.116. The molecule has 0 bridgehead atoms. The summed E-state index contributed by atoms with van der Waals surface area (Å²) in [4.78, 5) is 27.8. The van der Waals surface area contributed by atoms with Gasteiger partial charge in [0, 0.05) is 61.8 Å². The van der Waals surface area contributed by atoms with E-state index in [9.17, 15) is 9.59 Å². The molecule has 3 rings (SSSR count). The number of carbonyl (C=O) groups is 2. The number of amides is 2. The van der Waals surface area contributed by atoms with Crippen LogP contribution >= 0.6 is 0 Å². The van der Waals surface area contributed by atoms with Crippen LogP contribution in [0.5, 0.6) is 0 Å². The van der Waals surface area contributed by atoms with Gasteiger partial charge < -0.3 is 16.0 Å². The summed E-state index contributed by atoms with van der Waals surface area (Å²) in [7, 11) is 0. The van der Waals surface area contributed by atoms with Gasteiger partial charge >= 0.3 is 0 Å². The van der Waals surface area contributed by atoms with E-state index in [2.05, 4.69) is 31.1 Å². The van der Waals surface area contributed by atoms with Crippen molar-refractivity contribution in [2.75, 3.05) is 18.4 Å². The molecule has 2 aromatic heterocycles. The summed E-state index contributed by atoms with van der Waals surface area (Å²) in [5.41, 5.74) is 3.00. The van der Waals surface area contributed by atoms with Gasteiger partial charge in [-0.15, -0.1) is 0 Å². The van der Waals surface area contributed by atoms with Crippen LogP contribution in [0.4, 0.5) is 5.69 Å². The van der Waals surface area contributed by atoms with E-state index in [1.54, 1.807) is 24.5 Å². The minimum Gasteiger partial charge on any atom is -0.350 e. The quantitative estimate of drug-likeness (QED) is 0.630. The Morgan fingerprint density at radius 3 is 2.91 bits per heavy atom. The van der Waals surface area contributed by atoms with Gasteiger partial charge in [-0.1, -0.05) is 0 Å². The van der Waals surface area contributed by atoms with Crippen molar-refractivity contribution in [1.29, 1.82) is 0 Å². The molecule has 0 fully saturated rings. The van der Waals surface area contributed by atoms with Crippen molar-refractivity contribution >= 4 is 17.5 Å². The monoisotopic (exact) mass is 314 g/mol. The Kier molecular flexibility index (Phi) is 4.62. The number of aromatic nitrogens is 3. The molecule has 4 N–H and O–H groups in total. The number of anilines is 1. The van der Waals surface area contributed by atoms with Crippen LogP contribution in [0.15, 0.2) is 24.5 Å². The molecule has 8 nitrogen and oxygen atoms in total. The lowest BCUT2D eigenvalue weighted by Crippen LogP contribution is -2.30. The van der Waals surface area contributed by atoms with Gasteiger partial charge in [0.2, 0.25) is 5.91 Å². The molecule has 0 radical (unpaired) electrons. The molecule has 8 heteroatoms. The highest BCUT2D eigenvalue weighted by Crippen LogP contribution is 2.15. The van der Waals surface area contributed by atoms with Crippen LogP contribution in [0.25, 0.3) is 0 Å². The third kappa shape index (κ3) is 3.72. The number of pyridine rings is 1. The fraction of sp³-hybridized carbons (Fsp3) is 0.333. The fourth-order valence-electron chi connectivity index (χ4n) is 2.45. The Hall–Kier alpha value is -2.74. The maximum Gasteiger partial charge on any atom is 0.272 e. The maximum absolute atomic E-state index is 12.2. The first-order chi connectivity index (χ1) is 11.2. The smallest absolute Gasteiger partial charge is 0.272 e. The van der Waals surface area contributed by atoms with Gasteiger partial charge in [-0.05, 0) is 12.1 Å². The Morgan fingerprint density at radius 1 is 1.26 bits per heavy atom. The molecule has 0 saturated carbocycles. The van der Waals surface area contributed by atoms with Crippen molar-refractivity contribution in [3.8, 4) is 0 Å². The van der Waals surface area contributed by atoms with Crippen molar-refractivity contribution in [2.45, 2.75) is 19.4 Å². The number of nitrogens with zero attached hydrogens (tertiary/aromatic N) is 2. The minimum absolute atomic E-state index is 0.165. The zero-order chi connectivity index (χ0) is 16.1. The van der Waals surface area contributed by atoms with Crippen molar-refractivity contribution < 1.29 is 9.59 Å². The van der Waals surface area contributed by atoms with Gasteiger partial charge in [-0.3, -0.25) is 19.7 Å². The Labute approximate surface area is 133 Å². The summed E-state index contributed by atoms with van der Waals surface area (Å²) in [6.45, 7) is 1.77. The standard InChI is InChI=1S/C15H18N6O2/c22-13(19-10-1-5-16-6-2-10)4-8-18-15(23)14-11-9-17-7-3-12(11)20-21-14/h1-2,5-6,17H,3-4,7-9H2,(H,18,23)(H,20,21)(H,16,19,22). The van der Waals surface area contributed by atoms with E-state index in [1.807, 2.05) is 0 Å². The van der Waals surface area contributed by atoms with Crippen LogP contribution < -0.4 is 16.0 Å². The Balaban J connectivity index is 1.48. The molecule has 0 aromatic carbocycles. The zero-order valence-electron chi connectivity index (χ0n) is 12.6.